The first-order chi connectivity index (χ1) is 13.9. The molecule has 1 unspecified atom stereocenters. The number of sulfone groups is 1. The van der Waals surface area contributed by atoms with Gasteiger partial charge in [-0.1, -0.05) is 17.3 Å². The van der Waals surface area contributed by atoms with Crippen molar-refractivity contribution in [2.75, 3.05) is 25.4 Å². The van der Waals surface area contributed by atoms with Gasteiger partial charge in [-0.25, -0.2) is 12.8 Å². The molecule has 0 amide bonds. The molecule has 0 spiro atoms. The molecule has 1 aliphatic rings. The molecule has 1 aromatic heterocycles. The van der Waals surface area contributed by atoms with Crippen molar-refractivity contribution in [1.29, 1.82) is 0 Å². The van der Waals surface area contributed by atoms with Crippen LogP contribution in [0.15, 0.2) is 51.9 Å². The molecular weight excluding hydrogens is 391 g/mol. The van der Waals surface area contributed by atoms with E-state index in [4.69, 9.17) is 4.52 Å². The maximum atomic E-state index is 13.2. The third-order valence-corrected chi connectivity index (χ3v) is 7.45. The Morgan fingerprint density at radius 2 is 2.10 bits per heavy atom. The van der Waals surface area contributed by atoms with Crippen molar-refractivity contribution in [2.45, 2.75) is 31.1 Å². The SMILES string of the molecule is Cc1cccc(S(=O)(=O)CC2CCN(CCCc3noc4cc(F)ccc34)C2)c1. The van der Waals surface area contributed by atoms with E-state index in [1.54, 1.807) is 24.3 Å². The van der Waals surface area contributed by atoms with E-state index < -0.39 is 9.84 Å². The van der Waals surface area contributed by atoms with Crippen molar-refractivity contribution >= 4 is 20.8 Å². The summed E-state index contributed by atoms with van der Waals surface area (Å²) in [5, 5.41) is 4.92. The summed E-state index contributed by atoms with van der Waals surface area (Å²) in [4.78, 5) is 2.74. The average molecular weight is 417 g/mol. The zero-order chi connectivity index (χ0) is 20.4. The summed E-state index contributed by atoms with van der Waals surface area (Å²) < 4.78 is 43.9. The van der Waals surface area contributed by atoms with E-state index in [0.717, 1.165) is 55.5 Å². The molecule has 1 fully saturated rings. The highest BCUT2D eigenvalue weighted by atomic mass is 32.2. The van der Waals surface area contributed by atoms with Crippen LogP contribution >= 0.6 is 0 Å². The summed E-state index contributed by atoms with van der Waals surface area (Å²) in [6.07, 6.45) is 2.55. The van der Waals surface area contributed by atoms with Crippen molar-refractivity contribution < 1.29 is 17.3 Å². The highest BCUT2D eigenvalue weighted by molar-refractivity contribution is 7.91. The maximum absolute atomic E-state index is 13.2. The number of hydrogen-bond donors (Lipinski definition) is 0. The minimum absolute atomic E-state index is 0.163. The van der Waals surface area contributed by atoms with Gasteiger partial charge in [0.05, 0.1) is 16.3 Å². The van der Waals surface area contributed by atoms with E-state index in [2.05, 4.69) is 10.1 Å². The Morgan fingerprint density at radius 3 is 2.93 bits per heavy atom. The molecule has 3 aromatic rings. The molecule has 154 valence electrons. The monoisotopic (exact) mass is 416 g/mol. The van der Waals surface area contributed by atoms with Crippen molar-refractivity contribution in [2.24, 2.45) is 5.92 Å². The first-order valence-corrected chi connectivity index (χ1v) is 11.6. The predicted octanol–water partition coefficient (Wildman–Crippen LogP) is 4.00. The second-order valence-corrected chi connectivity index (χ2v) is 9.96. The number of halogens is 1. The number of aryl methyl sites for hydroxylation is 2. The Kier molecular flexibility index (Phi) is 5.69. The topological polar surface area (TPSA) is 63.4 Å². The number of benzene rings is 2. The van der Waals surface area contributed by atoms with Gasteiger partial charge in [-0.15, -0.1) is 0 Å². The van der Waals surface area contributed by atoms with Crippen molar-refractivity contribution in [3.63, 3.8) is 0 Å². The van der Waals surface area contributed by atoms with Crippen LogP contribution in [0, 0.1) is 18.7 Å². The van der Waals surface area contributed by atoms with E-state index in [9.17, 15) is 12.8 Å². The number of nitrogens with zero attached hydrogens (tertiary/aromatic N) is 2. The third-order valence-electron chi connectivity index (χ3n) is 5.57. The van der Waals surface area contributed by atoms with Gasteiger partial charge in [-0.05, 0) is 75.0 Å². The largest absolute Gasteiger partial charge is 0.356 e. The first kappa shape index (κ1) is 20.0. The quantitative estimate of drug-likeness (QED) is 0.582. The lowest BCUT2D eigenvalue weighted by atomic mass is 10.1. The Balaban J connectivity index is 1.29. The minimum atomic E-state index is -3.25. The molecule has 2 heterocycles. The van der Waals surface area contributed by atoms with Crippen LogP contribution in [0.5, 0.6) is 0 Å². The van der Waals surface area contributed by atoms with E-state index in [0.29, 0.717) is 10.5 Å². The molecule has 0 N–H and O–H groups in total. The normalized spacial score (nSPS) is 17.9. The summed E-state index contributed by atoms with van der Waals surface area (Å²) in [7, 11) is -3.25. The average Bonchev–Trinajstić information content (AvgIpc) is 3.28. The summed E-state index contributed by atoms with van der Waals surface area (Å²) in [5.41, 5.74) is 2.28. The third kappa shape index (κ3) is 4.67. The maximum Gasteiger partial charge on any atom is 0.178 e. The summed E-state index contributed by atoms with van der Waals surface area (Å²) in [6, 6.07) is 11.6. The molecule has 29 heavy (non-hydrogen) atoms. The fourth-order valence-electron chi connectivity index (χ4n) is 4.08. The molecule has 0 bridgehead atoms. The lowest BCUT2D eigenvalue weighted by Crippen LogP contribution is -2.24. The molecule has 2 aromatic carbocycles. The Morgan fingerprint density at radius 1 is 1.24 bits per heavy atom. The lowest BCUT2D eigenvalue weighted by Gasteiger charge is -2.16. The second kappa shape index (κ2) is 8.24. The standard InChI is InChI=1S/C22H25FN2O3S/c1-16-4-2-5-19(12-16)29(26,27)15-17-9-11-25(14-17)10-3-6-21-20-8-7-18(23)13-22(20)28-24-21/h2,4-5,7-8,12-13,17H,3,6,9-11,14-15H2,1H3. The second-order valence-electron chi connectivity index (χ2n) is 7.93. The number of hydrogen-bond acceptors (Lipinski definition) is 5. The Hall–Kier alpha value is -2.25. The van der Waals surface area contributed by atoms with Crippen LogP contribution in [-0.4, -0.2) is 43.9 Å². The van der Waals surface area contributed by atoms with E-state index in [1.807, 2.05) is 13.0 Å². The summed E-state index contributed by atoms with van der Waals surface area (Å²) in [6.45, 7) is 4.51. The van der Waals surface area contributed by atoms with Gasteiger partial charge in [0, 0.05) is 18.0 Å². The number of likely N-dealkylation sites (tertiary alicyclic amines) is 1. The molecule has 4 rings (SSSR count). The van der Waals surface area contributed by atoms with Gasteiger partial charge >= 0.3 is 0 Å². The van der Waals surface area contributed by atoms with Crippen LogP contribution in [0.3, 0.4) is 0 Å². The van der Waals surface area contributed by atoms with Gasteiger partial charge in [0.25, 0.3) is 0 Å². The minimum Gasteiger partial charge on any atom is -0.356 e. The summed E-state index contributed by atoms with van der Waals surface area (Å²) in [5.74, 6) is 0.0344. The van der Waals surface area contributed by atoms with E-state index >= 15 is 0 Å². The highest BCUT2D eigenvalue weighted by Crippen LogP contribution is 2.24. The number of aromatic nitrogens is 1. The molecule has 1 atom stereocenters. The van der Waals surface area contributed by atoms with E-state index in [1.165, 1.54) is 12.1 Å². The van der Waals surface area contributed by atoms with Crippen LogP contribution in [0.4, 0.5) is 4.39 Å². The molecular formula is C22H25FN2O3S. The zero-order valence-corrected chi connectivity index (χ0v) is 17.3. The molecule has 7 heteroatoms. The molecule has 0 radical (unpaired) electrons. The molecule has 0 saturated carbocycles. The molecule has 1 saturated heterocycles. The molecule has 5 nitrogen and oxygen atoms in total. The van der Waals surface area contributed by atoms with Crippen molar-refractivity contribution in [3.05, 3.63) is 59.5 Å². The van der Waals surface area contributed by atoms with Gasteiger partial charge in [-0.3, -0.25) is 0 Å². The van der Waals surface area contributed by atoms with Gasteiger partial charge < -0.3 is 9.42 Å². The lowest BCUT2D eigenvalue weighted by molar-refractivity contribution is 0.322. The van der Waals surface area contributed by atoms with Gasteiger partial charge in [0.15, 0.2) is 15.4 Å². The smallest absolute Gasteiger partial charge is 0.178 e. The number of fused-ring (bicyclic) bond motifs is 1. The summed E-state index contributed by atoms with van der Waals surface area (Å²) >= 11 is 0. The zero-order valence-electron chi connectivity index (χ0n) is 16.5. The van der Waals surface area contributed by atoms with Gasteiger partial charge in [0.2, 0.25) is 0 Å². The molecule has 0 aliphatic carbocycles. The molecule has 1 aliphatic heterocycles. The van der Waals surface area contributed by atoms with Crippen LogP contribution in [0.25, 0.3) is 11.0 Å². The van der Waals surface area contributed by atoms with Gasteiger partial charge in [-0.2, -0.15) is 0 Å². The number of rotatable bonds is 7. The first-order valence-electron chi connectivity index (χ1n) is 9.96. The van der Waals surface area contributed by atoms with Crippen LogP contribution in [0.1, 0.15) is 24.1 Å². The Labute approximate surface area is 170 Å². The van der Waals surface area contributed by atoms with Crippen LogP contribution in [-0.2, 0) is 16.3 Å². The fourth-order valence-corrected chi connectivity index (χ4v) is 5.82. The van der Waals surface area contributed by atoms with E-state index in [-0.39, 0.29) is 17.5 Å². The van der Waals surface area contributed by atoms with Crippen LogP contribution < -0.4 is 0 Å². The van der Waals surface area contributed by atoms with Crippen LogP contribution in [0.2, 0.25) is 0 Å². The highest BCUT2D eigenvalue weighted by Gasteiger charge is 2.28. The Bertz CT molecular complexity index is 1110. The van der Waals surface area contributed by atoms with Crippen molar-refractivity contribution in [1.82, 2.24) is 10.1 Å². The van der Waals surface area contributed by atoms with Gasteiger partial charge in [0.1, 0.15) is 5.82 Å². The van der Waals surface area contributed by atoms with Crippen molar-refractivity contribution in [3.8, 4) is 0 Å². The fraction of sp³-hybridized carbons (Fsp3) is 0.409. The predicted molar refractivity (Wildman–Crippen MR) is 110 cm³/mol.